The van der Waals surface area contributed by atoms with Crippen LogP contribution in [-0.4, -0.2) is 36.5 Å². The van der Waals surface area contributed by atoms with Gasteiger partial charge in [0.25, 0.3) is 0 Å². The SMILES string of the molecule is CC(=O)OCC(C)(C)C12NC(=O)NC1NC(=O)N2. The number of ether oxygens (including phenoxy) is 1. The maximum atomic E-state index is 11.4. The van der Waals surface area contributed by atoms with Crippen LogP contribution in [0.2, 0.25) is 0 Å². The first-order valence-electron chi connectivity index (χ1n) is 5.57. The predicted octanol–water partition coefficient (Wildman–Crippen LogP) is -0.776. The van der Waals surface area contributed by atoms with Gasteiger partial charge < -0.3 is 26.0 Å². The zero-order valence-electron chi connectivity index (χ0n) is 10.4. The van der Waals surface area contributed by atoms with Gasteiger partial charge in [-0.2, -0.15) is 0 Å². The van der Waals surface area contributed by atoms with Crippen LogP contribution >= 0.6 is 0 Å². The van der Waals surface area contributed by atoms with Crippen LogP contribution in [0.1, 0.15) is 20.8 Å². The molecule has 8 nitrogen and oxygen atoms in total. The van der Waals surface area contributed by atoms with Crippen molar-refractivity contribution in [3.63, 3.8) is 0 Å². The fraction of sp³-hybridized carbons (Fsp3) is 0.700. The van der Waals surface area contributed by atoms with Crippen molar-refractivity contribution in [2.45, 2.75) is 32.6 Å². The number of fused-ring (bicyclic) bond motifs is 1. The maximum Gasteiger partial charge on any atom is 0.318 e. The van der Waals surface area contributed by atoms with Crippen molar-refractivity contribution in [2.75, 3.05) is 6.61 Å². The van der Waals surface area contributed by atoms with Crippen LogP contribution in [0, 0.1) is 5.41 Å². The molecule has 0 aromatic heterocycles. The molecule has 0 bridgehead atoms. The monoisotopic (exact) mass is 256 g/mol. The van der Waals surface area contributed by atoms with Crippen LogP contribution in [0.5, 0.6) is 0 Å². The largest absolute Gasteiger partial charge is 0.465 e. The molecule has 0 saturated carbocycles. The van der Waals surface area contributed by atoms with E-state index >= 15 is 0 Å². The van der Waals surface area contributed by atoms with Gasteiger partial charge in [0, 0.05) is 12.3 Å². The number of hydrogen-bond donors (Lipinski definition) is 4. The highest BCUT2D eigenvalue weighted by molar-refractivity contribution is 5.86. The van der Waals surface area contributed by atoms with Gasteiger partial charge in [0.15, 0.2) is 5.66 Å². The molecular weight excluding hydrogens is 240 g/mol. The lowest BCUT2D eigenvalue weighted by atomic mass is 9.78. The van der Waals surface area contributed by atoms with Gasteiger partial charge in [-0.25, -0.2) is 9.59 Å². The second kappa shape index (κ2) is 3.76. The minimum Gasteiger partial charge on any atom is -0.465 e. The van der Waals surface area contributed by atoms with E-state index in [2.05, 4.69) is 21.3 Å². The molecule has 2 saturated heterocycles. The molecule has 8 heteroatoms. The standard InChI is InChI=1S/C10H16N4O4/c1-5(15)18-4-9(2,3)10-6(11-7(16)13-10)12-8(17)14-10/h6H,4H2,1-3H3,(H2,11,13,16)(H2,12,14,17). The third-order valence-corrected chi connectivity index (χ3v) is 3.31. The molecule has 0 spiro atoms. The van der Waals surface area contributed by atoms with E-state index in [1.165, 1.54) is 6.92 Å². The van der Waals surface area contributed by atoms with E-state index in [0.29, 0.717) is 0 Å². The molecule has 2 heterocycles. The third kappa shape index (κ3) is 1.73. The second-order valence-electron chi connectivity index (χ2n) is 5.10. The Morgan fingerprint density at radius 3 is 2.22 bits per heavy atom. The highest BCUT2D eigenvalue weighted by Gasteiger charge is 2.61. The van der Waals surface area contributed by atoms with Crippen molar-refractivity contribution in [1.29, 1.82) is 0 Å². The first kappa shape index (κ1) is 12.5. The molecule has 4 N–H and O–H groups in total. The van der Waals surface area contributed by atoms with Crippen molar-refractivity contribution in [1.82, 2.24) is 21.3 Å². The third-order valence-electron chi connectivity index (χ3n) is 3.31. The lowest BCUT2D eigenvalue weighted by Gasteiger charge is -2.41. The smallest absolute Gasteiger partial charge is 0.318 e. The average molecular weight is 256 g/mol. The minimum absolute atomic E-state index is 0.0722. The first-order chi connectivity index (χ1) is 8.27. The number of esters is 1. The van der Waals surface area contributed by atoms with Gasteiger partial charge in [0.1, 0.15) is 12.8 Å². The normalized spacial score (nSPS) is 29.8. The summed E-state index contributed by atoms with van der Waals surface area (Å²) >= 11 is 0. The molecule has 100 valence electrons. The van der Waals surface area contributed by atoms with Crippen molar-refractivity contribution in [3.05, 3.63) is 0 Å². The van der Waals surface area contributed by atoms with Crippen molar-refractivity contribution in [2.24, 2.45) is 5.41 Å². The van der Waals surface area contributed by atoms with Crippen LogP contribution in [0.4, 0.5) is 9.59 Å². The second-order valence-corrected chi connectivity index (χ2v) is 5.10. The number of carbonyl (C=O) groups excluding carboxylic acids is 3. The summed E-state index contributed by atoms with van der Waals surface area (Å²) in [5, 5.41) is 10.6. The summed E-state index contributed by atoms with van der Waals surface area (Å²) in [6.45, 7) is 4.97. The van der Waals surface area contributed by atoms with Crippen molar-refractivity contribution in [3.8, 4) is 0 Å². The molecule has 0 aromatic rings. The van der Waals surface area contributed by atoms with Crippen molar-refractivity contribution < 1.29 is 19.1 Å². The Labute approximate surface area is 104 Å². The average Bonchev–Trinajstić information content (AvgIpc) is 2.67. The van der Waals surface area contributed by atoms with E-state index in [1.807, 2.05) is 0 Å². The lowest BCUT2D eigenvalue weighted by molar-refractivity contribution is -0.146. The molecule has 0 aliphatic carbocycles. The number of carbonyl (C=O) groups is 3. The number of urea groups is 2. The van der Waals surface area contributed by atoms with E-state index in [4.69, 9.17) is 4.74 Å². The fourth-order valence-corrected chi connectivity index (χ4v) is 2.25. The zero-order valence-corrected chi connectivity index (χ0v) is 10.4. The summed E-state index contributed by atoms with van der Waals surface area (Å²) in [6, 6.07) is -0.771. The summed E-state index contributed by atoms with van der Waals surface area (Å²) in [7, 11) is 0. The van der Waals surface area contributed by atoms with Crippen LogP contribution in [0.3, 0.4) is 0 Å². The highest BCUT2D eigenvalue weighted by atomic mass is 16.5. The molecule has 2 aliphatic heterocycles. The Balaban J connectivity index is 2.24. The van der Waals surface area contributed by atoms with Crippen LogP contribution < -0.4 is 21.3 Å². The molecular formula is C10H16N4O4. The molecule has 0 unspecified atom stereocenters. The van der Waals surface area contributed by atoms with Crippen LogP contribution in [0.15, 0.2) is 0 Å². The Kier molecular flexibility index (Phi) is 2.60. The Bertz CT molecular complexity index is 400. The number of amides is 4. The lowest BCUT2D eigenvalue weighted by Crippen LogP contribution is -2.67. The fourth-order valence-electron chi connectivity index (χ4n) is 2.25. The highest BCUT2D eigenvalue weighted by Crippen LogP contribution is 2.36. The minimum atomic E-state index is -1.02. The Hall–Kier alpha value is -1.99. The van der Waals surface area contributed by atoms with Crippen LogP contribution in [-0.2, 0) is 9.53 Å². The summed E-state index contributed by atoms with van der Waals surface area (Å²) in [6.07, 6.45) is -0.581. The molecule has 0 aromatic carbocycles. The van der Waals surface area contributed by atoms with E-state index in [-0.39, 0.29) is 18.7 Å². The van der Waals surface area contributed by atoms with Gasteiger partial charge >= 0.3 is 18.0 Å². The zero-order chi connectivity index (χ0) is 13.6. The predicted molar refractivity (Wildman–Crippen MR) is 60.3 cm³/mol. The maximum absolute atomic E-state index is 11.4. The van der Waals surface area contributed by atoms with Gasteiger partial charge in [-0.05, 0) is 0 Å². The number of rotatable bonds is 3. The molecule has 4 amide bonds. The van der Waals surface area contributed by atoms with E-state index in [9.17, 15) is 14.4 Å². The van der Waals surface area contributed by atoms with E-state index < -0.39 is 23.2 Å². The summed E-state index contributed by atoms with van der Waals surface area (Å²) < 4.78 is 5.00. The molecule has 2 rings (SSSR count). The van der Waals surface area contributed by atoms with E-state index in [1.54, 1.807) is 13.8 Å². The molecule has 0 radical (unpaired) electrons. The summed E-state index contributed by atoms with van der Waals surface area (Å²) in [5.74, 6) is -0.411. The molecule has 0 atom stereocenters. The number of hydrogen-bond acceptors (Lipinski definition) is 4. The number of nitrogens with one attached hydrogen (secondary N) is 4. The Morgan fingerprint density at radius 2 is 1.78 bits per heavy atom. The molecule has 2 aliphatic rings. The van der Waals surface area contributed by atoms with Gasteiger partial charge in [-0.3, -0.25) is 4.79 Å². The van der Waals surface area contributed by atoms with Gasteiger partial charge in [-0.1, -0.05) is 13.8 Å². The Morgan fingerprint density at radius 1 is 1.28 bits per heavy atom. The van der Waals surface area contributed by atoms with E-state index in [0.717, 1.165) is 0 Å². The summed E-state index contributed by atoms with van der Waals surface area (Å²) in [5.41, 5.74) is -1.70. The molecule has 18 heavy (non-hydrogen) atoms. The van der Waals surface area contributed by atoms with Gasteiger partial charge in [-0.15, -0.1) is 0 Å². The van der Waals surface area contributed by atoms with Crippen LogP contribution in [0.25, 0.3) is 0 Å². The van der Waals surface area contributed by atoms with Gasteiger partial charge in [0.05, 0.1) is 0 Å². The first-order valence-corrected chi connectivity index (χ1v) is 5.57. The van der Waals surface area contributed by atoms with Crippen molar-refractivity contribution >= 4 is 18.0 Å². The topological polar surface area (TPSA) is 109 Å². The molecule has 2 fully saturated rings. The quantitative estimate of drug-likeness (QED) is 0.497. The van der Waals surface area contributed by atoms with Gasteiger partial charge in [0.2, 0.25) is 0 Å². The summed E-state index contributed by atoms with van der Waals surface area (Å²) in [4.78, 5) is 33.8.